The van der Waals surface area contributed by atoms with Crippen molar-refractivity contribution in [2.24, 2.45) is 0 Å². The molecule has 2 unspecified atom stereocenters. The van der Waals surface area contributed by atoms with E-state index in [1.54, 1.807) is 0 Å². The number of aromatic nitrogens is 2. The zero-order valence-corrected chi connectivity index (χ0v) is 21.4. The van der Waals surface area contributed by atoms with Gasteiger partial charge in [-0.1, -0.05) is 35.3 Å². The minimum absolute atomic E-state index is 0.0947. The monoisotopic (exact) mass is 506 g/mol. The Hall–Kier alpha value is -2.86. The summed E-state index contributed by atoms with van der Waals surface area (Å²) < 4.78 is 2.27. The molecule has 2 aromatic carbocycles. The van der Waals surface area contributed by atoms with Crippen LogP contribution in [0.4, 0.5) is 5.69 Å². The number of benzene rings is 2. The minimum Gasteiger partial charge on any atom is -0.351 e. The third-order valence-corrected chi connectivity index (χ3v) is 7.37. The van der Waals surface area contributed by atoms with E-state index in [-0.39, 0.29) is 12.1 Å². The van der Waals surface area contributed by atoms with E-state index in [9.17, 15) is 0 Å². The van der Waals surface area contributed by atoms with Gasteiger partial charge < -0.3 is 14.8 Å². The summed E-state index contributed by atoms with van der Waals surface area (Å²) in [4.78, 5) is 6.86. The maximum Gasteiger partial charge on any atom is 0.174 e. The number of nitrogens with one attached hydrogen (secondary N) is 1. The number of nitrogens with zero attached hydrogens (tertiary/aromatic N) is 3. The lowest BCUT2D eigenvalue weighted by Gasteiger charge is -2.29. The van der Waals surface area contributed by atoms with Gasteiger partial charge in [-0.25, -0.2) is 0 Å². The van der Waals surface area contributed by atoms with E-state index in [4.69, 9.17) is 35.4 Å². The van der Waals surface area contributed by atoms with Gasteiger partial charge in [0.1, 0.15) is 0 Å². The maximum absolute atomic E-state index is 6.34. The maximum atomic E-state index is 6.34. The highest BCUT2D eigenvalue weighted by Crippen LogP contribution is 2.45. The van der Waals surface area contributed by atoms with E-state index in [1.807, 2.05) is 66.9 Å². The Morgan fingerprint density at radius 2 is 1.62 bits per heavy atom. The van der Waals surface area contributed by atoms with Crippen LogP contribution in [0.3, 0.4) is 0 Å². The smallest absolute Gasteiger partial charge is 0.174 e. The van der Waals surface area contributed by atoms with Crippen molar-refractivity contribution in [1.82, 2.24) is 14.9 Å². The average molecular weight is 507 g/mol. The number of thiocarbonyl (C=S) groups is 1. The summed E-state index contributed by atoms with van der Waals surface area (Å²) >= 11 is 18.4. The SMILES string of the molecule is Cc1c(C2C(c3ccccn3)NC(=S)N2c2ccc(Cl)cc2)c(C)n(-c2cccc(Cl)c2)c1C. The molecular formula is C27H24Cl2N4S. The van der Waals surface area contributed by atoms with Crippen molar-refractivity contribution in [2.75, 3.05) is 4.90 Å². The molecule has 0 saturated carbocycles. The van der Waals surface area contributed by atoms with Crippen LogP contribution in [0.15, 0.2) is 72.9 Å². The summed E-state index contributed by atoms with van der Waals surface area (Å²) in [5.41, 5.74) is 7.72. The molecule has 2 aromatic heterocycles. The molecule has 1 N–H and O–H groups in total. The highest BCUT2D eigenvalue weighted by Gasteiger charge is 2.43. The van der Waals surface area contributed by atoms with Crippen molar-refractivity contribution in [3.05, 3.63) is 111 Å². The van der Waals surface area contributed by atoms with E-state index in [0.717, 1.165) is 22.8 Å². The van der Waals surface area contributed by atoms with Gasteiger partial charge in [-0.3, -0.25) is 4.98 Å². The van der Waals surface area contributed by atoms with Gasteiger partial charge in [-0.15, -0.1) is 0 Å². The van der Waals surface area contributed by atoms with E-state index in [0.29, 0.717) is 15.2 Å². The van der Waals surface area contributed by atoms with E-state index in [1.165, 1.54) is 16.8 Å². The van der Waals surface area contributed by atoms with Gasteiger partial charge in [0, 0.05) is 44.6 Å². The van der Waals surface area contributed by atoms with Gasteiger partial charge >= 0.3 is 0 Å². The Morgan fingerprint density at radius 1 is 0.853 bits per heavy atom. The van der Waals surface area contributed by atoms with Crippen molar-refractivity contribution < 1.29 is 0 Å². The number of hydrogen-bond acceptors (Lipinski definition) is 2. The molecule has 34 heavy (non-hydrogen) atoms. The van der Waals surface area contributed by atoms with Crippen LogP contribution in [0.2, 0.25) is 10.0 Å². The molecule has 2 atom stereocenters. The number of halogens is 2. The number of rotatable bonds is 4. The largest absolute Gasteiger partial charge is 0.351 e. The van der Waals surface area contributed by atoms with Gasteiger partial charge in [0.25, 0.3) is 0 Å². The fraction of sp³-hybridized carbons (Fsp3) is 0.185. The molecule has 0 radical (unpaired) electrons. The molecule has 4 aromatic rings. The molecule has 0 aliphatic carbocycles. The second-order valence-electron chi connectivity index (χ2n) is 8.50. The first-order valence-electron chi connectivity index (χ1n) is 11.1. The van der Waals surface area contributed by atoms with E-state index < -0.39 is 0 Å². The van der Waals surface area contributed by atoms with Crippen LogP contribution in [0, 0.1) is 20.8 Å². The predicted molar refractivity (Wildman–Crippen MR) is 144 cm³/mol. The zero-order chi connectivity index (χ0) is 24.0. The van der Waals surface area contributed by atoms with Crippen LogP contribution in [0.5, 0.6) is 0 Å². The molecule has 4 nitrogen and oxygen atoms in total. The van der Waals surface area contributed by atoms with Crippen molar-refractivity contribution in [1.29, 1.82) is 0 Å². The third-order valence-electron chi connectivity index (χ3n) is 6.57. The first kappa shape index (κ1) is 22.9. The predicted octanol–water partition coefficient (Wildman–Crippen LogP) is 7.28. The molecule has 1 saturated heterocycles. The fourth-order valence-electron chi connectivity index (χ4n) is 4.97. The lowest BCUT2D eigenvalue weighted by molar-refractivity contribution is 0.563. The van der Waals surface area contributed by atoms with Crippen LogP contribution in [-0.4, -0.2) is 14.7 Å². The first-order valence-corrected chi connectivity index (χ1v) is 12.2. The van der Waals surface area contributed by atoms with Crippen molar-refractivity contribution >= 4 is 46.2 Å². The van der Waals surface area contributed by atoms with Gasteiger partial charge in [0.05, 0.1) is 17.8 Å². The van der Waals surface area contributed by atoms with Crippen molar-refractivity contribution in [2.45, 2.75) is 32.9 Å². The molecule has 0 amide bonds. The molecule has 0 bridgehead atoms. The topological polar surface area (TPSA) is 33.1 Å². The Morgan fingerprint density at radius 3 is 2.29 bits per heavy atom. The normalized spacial score (nSPS) is 17.8. The molecule has 5 rings (SSSR count). The lowest BCUT2D eigenvalue weighted by atomic mass is 9.93. The van der Waals surface area contributed by atoms with Crippen LogP contribution in [0.1, 0.15) is 40.3 Å². The summed E-state index contributed by atoms with van der Waals surface area (Å²) in [6.45, 7) is 6.48. The van der Waals surface area contributed by atoms with Gasteiger partial charge in [0.15, 0.2) is 5.11 Å². The fourth-order valence-corrected chi connectivity index (χ4v) is 5.63. The molecule has 1 fully saturated rings. The second kappa shape index (κ2) is 9.06. The van der Waals surface area contributed by atoms with Gasteiger partial charge in [-0.05, 0) is 93.1 Å². The third kappa shape index (κ3) is 3.88. The number of pyridine rings is 1. The molecule has 1 aliphatic rings. The number of anilines is 1. The highest BCUT2D eigenvalue weighted by atomic mass is 35.5. The summed E-state index contributed by atoms with van der Waals surface area (Å²) in [5, 5.41) is 5.61. The van der Waals surface area contributed by atoms with Crippen LogP contribution < -0.4 is 10.2 Å². The molecule has 1 aliphatic heterocycles. The van der Waals surface area contributed by atoms with Crippen LogP contribution in [0.25, 0.3) is 5.69 Å². The van der Waals surface area contributed by atoms with Crippen LogP contribution >= 0.6 is 35.4 Å². The Kier molecular flexibility index (Phi) is 6.11. The summed E-state index contributed by atoms with van der Waals surface area (Å²) in [6.07, 6.45) is 1.82. The summed E-state index contributed by atoms with van der Waals surface area (Å²) in [7, 11) is 0. The molecular weight excluding hydrogens is 483 g/mol. The van der Waals surface area contributed by atoms with E-state index in [2.05, 4.69) is 46.6 Å². The molecule has 172 valence electrons. The minimum atomic E-state index is -0.114. The molecule has 7 heteroatoms. The standard InChI is InChI=1S/C27H24Cl2N4S/c1-16-17(2)32(22-8-6-7-20(29)15-22)18(3)24(16)26-25(23-9-4-5-14-30-23)31-27(34)33(26)21-12-10-19(28)11-13-21/h4-15,25-26H,1-3H3,(H,31,34). The summed E-state index contributed by atoms with van der Waals surface area (Å²) in [6, 6.07) is 21.5. The molecule has 0 spiro atoms. The number of hydrogen-bond donors (Lipinski definition) is 1. The lowest BCUT2D eigenvalue weighted by Crippen LogP contribution is -2.29. The molecule has 3 heterocycles. The Labute approximate surface area is 215 Å². The quantitative estimate of drug-likeness (QED) is 0.294. The Balaban J connectivity index is 1.73. The summed E-state index contributed by atoms with van der Waals surface area (Å²) in [5.74, 6) is 0. The Bertz CT molecular complexity index is 1370. The van der Waals surface area contributed by atoms with Crippen molar-refractivity contribution in [3.8, 4) is 5.69 Å². The van der Waals surface area contributed by atoms with Crippen LogP contribution in [-0.2, 0) is 0 Å². The average Bonchev–Trinajstić information content (AvgIpc) is 3.27. The second-order valence-corrected chi connectivity index (χ2v) is 9.76. The van der Waals surface area contributed by atoms with Crippen molar-refractivity contribution in [3.63, 3.8) is 0 Å². The van der Waals surface area contributed by atoms with Gasteiger partial charge in [0.2, 0.25) is 0 Å². The first-order chi connectivity index (χ1) is 16.4. The van der Waals surface area contributed by atoms with Gasteiger partial charge in [-0.2, -0.15) is 0 Å². The highest BCUT2D eigenvalue weighted by molar-refractivity contribution is 7.80. The van der Waals surface area contributed by atoms with E-state index >= 15 is 0 Å². The zero-order valence-electron chi connectivity index (χ0n) is 19.1.